The standard InChI is InChI=1S/C13H25N4O2/c1-15-6-8-16(9-7-15)4-2-12-10-14-3-5-17(12)11-13(18)19/h5,12,14H,2-4,6-11H2,1H3,(H,18,19). The summed E-state index contributed by atoms with van der Waals surface area (Å²) in [6, 6.07) is 0.310. The minimum Gasteiger partial charge on any atom is -0.480 e. The van der Waals surface area contributed by atoms with E-state index in [2.05, 4.69) is 22.2 Å². The van der Waals surface area contributed by atoms with Crippen LogP contribution >= 0.6 is 0 Å². The highest BCUT2D eigenvalue weighted by atomic mass is 16.4. The Labute approximate surface area is 115 Å². The van der Waals surface area contributed by atoms with Crippen molar-refractivity contribution in [1.29, 1.82) is 0 Å². The van der Waals surface area contributed by atoms with Crippen molar-refractivity contribution in [3.05, 3.63) is 6.54 Å². The van der Waals surface area contributed by atoms with Gasteiger partial charge in [0.2, 0.25) is 0 Å². The SMILES string of the molecule is CN1CCN(CCC2CNC[CH]N2CC(=O)O)CC1. The maximum Gasteiger partial charge on any atom is 0.317 e. The summed E-state index contributed by atoms with van der Waals surface area (Å²) in [6.45, 7) is 9.33. The molecular formula is C13H25N4O2. The summed E-state index contributed by atoms with van der Waals surface area (Å²) in [7, 11) is 2.16. The molecular weight excluding hydrogens is 244 g/mol. The van der Waals surface area contributed by atoms with Crippen LogP contribution in [-0.4, -0.2) is 91.2 Å². The molecule has 6 heteroatoms. The first-order chi connectivity index (χ1) is 9.15. The number of nitrogens with zero attached hydrogens (tertiary/aromatic N) is 3. The molecule has 2 heterocycles. The van der Waals surface area contributed by atoms with Gasteiger partial charge in [-0.2, -0.15) is 0 Å². The highest BCUT2D eigenvalue weighted by Crippen LogP contribution is 2.11. The second-order valence-electron chi connectivity index (χ2n) is 5.49. The molecule has 109 valence electrons. The third kappa shape index (κ3) is 4.72. The van der Waals surface area contributed by atoms with Gasteiger partial charge in [0.15, 0.2) is 0 Å². The van der Waals surface area contributed by atoms with E-state index in [4.69, 9.17) is 5.11 Å². The van der Waals surface area contributed by atoms with Crippen molar-refractivity contribution in [1.82, 2.24) is 20.0 Å². The summed E-state index contributed by atoms with van der Waals surface area (Å²) in [5, 5.41) is 12.2. The highest BCUT2D eigenvalue weighted by Gasteiger charge is 2.25. The van der Waals surface area contributed by atoms with E-state index in [0.717, 1.165) is 52.2 Å². The number of piperazine rings is 2. The summed E-state index contributed by atoms with van der Waals surface area (Å²) >= 11 is 0. The maximum atomic E-state index is 10.9. The fraction of sp³-hybridized carbons (Fsp3) is 0.846. The first-order valence-corrected chi connectivity index (χ1v) is 7.07. The van der Waals surface area contributed by atoms with Crippen LogP contribution < -0.4 is 5.32 Å². The van der Waals surface area contributed by atoms with Gasteiger partial charge in [-0.25, -0.2) is 0 Å². The number of carbonyl (C=O) groups is 1. The molecule has 0 aromatic carbocycles. The molecule has 1 unspecified atom stereocenters. The normalized spacial score (nSPS) is 27.5. The molecule has 0 saturated carbocycles. The van der Waals surface area contributed by atoms with E-state index < -0.39 is 5.97 Å². The smallest absolute Gasteiger partial charge is 0.317 e. The number of carboxylic acid groups (broad SMARTS) is 1. The third-order valence-corrected chi connectivity index (χ3v) is 4.01. The Kier molecular flexibility index (Phi) is 5.57. The average molecular weight is 269 g/mol. The predicted octanol–water partition coefficient (Wildman–Crippen LogP) is -0.856. The molecule has 2 fully saturated rings. The second-order valence-corrected chi connectivity index (χ2v) is 5.49. The molecule has 0 bridgehead atoms. The molecule has 6 nitrogen and oxygen atoms in total. The molecule has 0 aliphatic carbocycles. The van der Waals surface area contributed by atoms with Crippen molar-refractivity contribution in [2.75, 3.05) is 59.4 Å². The summed E-state index contributed by atoms with van der Waals surface area (Å²) in [5.41, 5.74) is 0. The molecule has 1 radical (unpaired) electrons. The first kappa shape index (κ1) is 14.7. The van der Waals surface area contributed by atoms with Crippen LogP contribution in [0.1, 0.15) is 6.42 Å². The van der Waals surface area contributed by atoms with Crippen LogP contribution in [0, 0.1) is 6.54 Å². The molecule has 0 spiro atoms. The Morgan fingerprint density at radius 1 is 1.37 bits per heavy atom. The van der Waals surface area contributed by atoms with E-state index in [1.165, 1.54) is 0 Å². The van der Waals surface area contributed by atoms with E-state index in [-0.39, 0.29) is 6.54 Å². The fourth-order valence-electron chi connectivity index (χ4n) is 2.72. The quantitative estimate of drug-likeness (QED) is 0.678. The molecule has 2 aliphatic heterocycles. The topological polar surface area (TPSA) is 59.0 Å². The zero-order valence-corrected chi connectivity index (χ0v) is 11.7. The number of rotatable bonds is 5. The van der Waals surface area contributed by atoms with E-state index in [1.54, 1.807) is 0 Å². The van der Waals surface area contributed by atoms with E-state index in [9.17, 15) is 4.79 Å². The Balaban J connectivity index is 1.74. The van der Waals surface area contributed by atoms with Gasteiger partial charge in [0.05, 0.1) is 6.54 Å². The number of likely N-dealkylation sites (N-methyl/N-ethyl adjacent to an activating group) is 1. The van der Waals surface area contributed by atoms with Gasteiger partial charge in [-0.15, -0.1) is 0 Å². The largest absolute Gasteiger partial charge is 0.480 e. The summed E-state index contributed by atoms with van der Waals surface area (Å²) in [5.74, 6) is -0.747. The van der Waals surface area contributed by atoms with Gasteiger partial charge in [-0.1, -0.05) is 0 Å². The van der Waals surface area contributed by atoms with Crippen LogP contribution in [0.5, 0.6) is 0 Å². The Morgan fingerprint density at radius 3 is 2.79 bits per heavy atom. The minimum atomic E-state index is -0.747. The molecule has 2 rings (SSSR count). The van der Waals surface area contributed by atoms with E-state index >= 15 is 0 Å². The van der Waals surface area contributed by atoms with Crippen molar-refractivity contribution in [3.63, 3.8) is 0 Å². The lowest BCUT2D eigenvalue weighted by atomic mass is 10.1. The Hall–Kier alpha value is -0.690. The molecule has 0 amide bonds. The van der Waals surface area contributed by atoms with Crippen LogP contribution in [0.4, 0.5) is 0 Å². The van der Waals surface area contributed by atoms with E-state index in [1.807, 2.05) is 11.4 Å². The Morgan fingerprint density at radius 2 is 2.11 bits per heavy atom. The van der Waals surface area contributed by atoms with Crippen molar-refractivity contribution < 1.29 is 9.90 Å². The van der Waals surface area contributed by atoms with Crippen molar-refractivity contribution >= 4 is 5.97 Å². The molecule has 19 heavy (non-hydrogen) atoms. The van der Waals surface area contributed by atoms with Crippen LogP contribution in [-0.2, 0) is 4.79 Å². The lowest BCUT2D eigenvalue weighted by Crippen LogP contribution is -2.52. The molecule has 2 saturated heterocycles. The van der Waals surface area contributed by atoms with Crippen molar-refractivity contribution in [3.8, 4) is 0 Å². The van der Waals surface area contributed by atoms with Crippen LogP contribution in [0.2, 0.25) is 0 Å². The Bertz CT molecular complexity index is 292. The molecule has 2 N–H and O–H groups in total. The average Bonchev–Trinajstić information content (AvgIpc) is 2.39. The summed E-state index contributed by atoms with van der Waals surface area (Å²) in [6.07, 6.45) is 1.03. The van der Waals surface area contributed by atoms with Crippen molar-refractivity contribution in [2.45, 2.75) is 12.5 Å². The number of nitrogens with one attached hydrogen (secondary N) is 1. The maximum absolute atomic E-state index is 10.9. The van der Waals surface area contributed by atoms with Gasteiger partial charge < -0.3 is 20.2 Å². The lowest BCUT2D eigenvalue weighted by Gasteiger charge is -2.37. The minimum absolute atomic E-state index is 0.120. The van der Waals surface area contributed by atoms with Crippen molar-refractivity contribution in [2.24, 2.45) is 0 Å². The zero-order valence-electron chi connectivity index (χ0n) is 11.7. The third-order valence-electron chi connectivity index (χ3n) is 4.01. The first-order valence-electron chi connectivity index (χ1n) is 7.07. The summed E-state index contributed by atoms with van der Waals surface area (Å²) < 4.78 is 0. The molecule has 0 aromatic heterocycles. The summed E-state index contributed by atoms with van der Waals surface area (Å²) in [4.78, 5) is 17.7. The predicted molar refractivity (Wildman–Crippen MR) is 73.9 cm³/mol. The number of carboxylic acids is 1. The molecule has 0 aromatic rings. The lowest BCUT2D eigenvalue weighted by molar-refractivity contribution is -0.138. The second kappa shape index (κ2) is 7.19. The highest BCUT2D eigenvalue weighted by molar-refractivity contribution is 5.69. The number of hydrogen-bond acceptors (Lipinski definition) is 5. The van der Waals surface area contributed by atoms with Gasteiger partial charge in [-0.05, 0) is 20.0 Å². The van der Waals surface area contributed by atoms with Crippen LogP contribution in [0.3, 0.4) is 0 Å². The van der Waals surface area contributed by atoms with Crippen LogP contribution in [0.15, 0.2) is 0 Å². The molecule has 2 aliphatic rings. The van der Waals surface area contributed by atoms with Crippen LogP contribution in [0.25, 0.3) is 0 Å². The molecule has 1 atom stereocenters. The van der Waals surface area contributed by atoms with Gasteiger partial charge in [0.25, 0.3) is 0 Å². The van der Waals surface area contributed by atoms with E-state index in [0.29, 0.717) is 6.04 Å². The number of aliphatic carboxylic acids is 1. The van der Waals surface area contributed by atoms with Gasteiger partial charge in [0.1, 0.15) is 0 Å². The monoisotopic (exact) mass is 269 g/mol. The van der Waals surface area contributed by atoms with Gasteiger partial charge >= 0.3 is 5.97 Å². The number of hydrogen-bond donors (Lipinski definition) is 2. The fourth-order valence-corrected chi connectivity index (χ4v) is 2.72. The van der Waals surface area contributed by atoms with Gasteiger partial charge in [-0.3, -0.25) is 9.69 Å². The zero-order chi connectivity index (χ0) is 13.7. The van der Waals surface area contributed by atoms with Gasteiger partial charge in [0, 0.05) is 51.9 Å².